The molecule has 0 atom stereocenters. The molecule has 0 fully saturated rings. The predicted octanol–water partition coefficient (Wildman–Crippen LogP) is 2.12. The maximum atomic E-state index is 12.5. The number of benzene rings is 1. The number of nitrogens with one attached hydrogen (secondary N) is 1. The molecule has 0 saturated carbocycles. The zero-order chi connectivity index (χ0) is 12.5. The number of hydrogen-bond donors (Lipinski definition) is 1. The van der Waals surface area contributed by atoms with Gasteiger partial charge in [0.2, 0.25) is 5.91 Å². The molecular formula is C13H18N2OS. The first kappa shape index (κ1) is 12.5. The van der Waals surface area contributed by atoms with Gasteiger partial charge in [-0.25, -0.2) is 0 Å². The first-order valence-corrected chi connectivity index (χ1v) is 6.77. The molecule has 3 nitrogen and oxygen atoms in total. The first-order valence-electron chi connectivity index (χ1n) is 5.79. The molecule has 1 heterocycles. The third-order valence-corrected chi connectivity index (χ3v) is 4.18. The van der Waals surface area contributed by atoms with Gasteiger partial charge in [0.05, 0.1) is 11.2 Å². The van der Waals surface area contributed by atoms with Gasteiger partial charge >= 0.3 is 0 Å². The van der Waals surface area contributed by atoms with Gasteiger partial charge < -0.3 is 10.2 Å². The second-order valence-corrected chi connectivity index (χ2v) is 5.78. The van der Waals surface area contributed by atoms with Crippen molar-refractivity contribution in [3.05, 3.63) is 24.3 Å². The lowest BCUT2D eigenvalue weighted by Crippen LogP contribution is -2.54. The molecule has 0 unspecified atom stereocenters. The Hall–Kier alpha value is -1.00. The Labute approximate surface area is 107 Å². The second kappa shape index (κ2) is 4.70. The fourth-order valence-electron chi connectivity index (χ4n) is 1.82. The van der Waals surface area contributed by atoms with Crippen molar-refractivity contribution in [2.75, 3.05) is 24.2 Å². The molecule has 1 aliphatic rings. The van der Waals surface area contributed by atoms with Crippen LogP contribution in [0.4, 0.5) is 5.69 Å². The Balaban J connectivity index is 2.33. The van der Waals surface area contributed by atoms with Gasteiger partial charge in [0.25, 0.3) is 0 Å². The Morgan fingerprint density at radius 3 is 2.82 bits per heavy atom. The molecule has 0 aromatic heterocycles. The van der Waals surface area contributed by atoms with Gasteiger partial charge in [-0.15, -0.1) is 11.8 Å². The van der Waals surface area contributed by atoms with Crippen molar-refractivity contribution in [3.8, 4) is 0 Å². The molecule has 1 N–H and O–H groups in total. The smallest absolute Gasteiger partial charge is 0.246 e. The fraction of sp³-hybridized carbons (Fsp3) is 0.462. The molecule has 1 aliphatic heterocycles. The number of rotatable bonds is 2. The average Bonchev–Trinajstić information content (AvgIpc) is 2.37. The summed E-state index contributed by atoms with van der Waals surface area (Å²) in [5.74, 6) is 1.09. The molecule has 4 heteroatoms. The molecule has 0 radical (unpaired) electrons. The summed E-state index contributed by atoms with van der Waals surface area (Å²) in [5, 5.41) is 3.07. The Bertz CT molecular complexity index is 431. The summed E-state index contributed by atoms with van der Waals surface area (Å²) >= 11 is 1.81. The number of carbonyl (C=O) groups excluding carboxylic acids is 1. The van der Waals surface area contributed by atoms with Crippen LogP contribution in [0.15, 0.2) is 29.2 Å². The second-order valence-electron chi connectivity index (χ2n) is 4.65. The number of likely N-dealkylation sites (N-methyl/N-ethyl adjacent to an activating group) is 1. The van der Waals surface area contributed by atoms with Crippen molar-refractivity contribution in [2.24, 2.45) is 0 Å². The highest BCUT2D eigenvalue weighted by Gasteiger charge is 2.33. The summed E-state index contributed by atoms with van der Waals surface area (Å²) in [6.07, 6.45) is 0. The molecule has 92 valence electrons. The van der Waals surface area contributed by atoms with E-state index in [1.807, 2.05) is 55.8 Å². The monoisotopic (exact) mass is 250 g/mol. The molecule has 1 aromatic carbocycles. The minimum absolute atomic E-state index is 0.132. The van der Waals surface area contributed by atoms with E-state index in [0.29, 0.717) is 0 Å². The van der Waals surface area contributed by atoms with Gasteiger partial charge in [-0.3, -0.25) is 4.79 Å². The number of thioether (sulfide) groups is 1. The summed E-state index contributed by atoms with van der Waals surface area (Å²) in [5.41, 5.74) is 0.520. The molecule has 0 spiro atoms. The van der Waals surface area contributed by atoms with Gasteiger partial charge in [-0.1, -0.05) is 12.1 Å². The summed E-state index contributed by atoms with van der Waals surface area (Å²) < 4.78 is 0. The van der Waals surface area contributed by atoms with E-state index in [1.54, 1.807) is 0 Å². The van der Waals surface area contributed by atoms with Crippen LogP contribution in [0, 0.1) is 0 Å². The summed E-state index contributed by atoms with van der Waals surface area (Å²) in [4.78, 5) is 15.6. The van der Waals surface area contributed by atoms with Crippen molar-refractivity contribution in [1.82, 2.24) is 5.32 Å². The van der Waals surface area contributed by atoms with Crippen molar-refractivity contribution in [1.29, 1.82) is 0 Å². The lowest BCUT2D eigenvalue weighted by molar-refractivity contribution is -0.123. The standard InChI is InChI=1S/C13H18N2OS/c1-13(2,14-3)12(16)15-8-9-17-11-7-5-4-6-10(11)15/h4-7,14H,8-9H2,1-3H3. The highest BCUT2D eigenvalue weighted by atomic mass is 32.2. The van der Waals surface area contributed by atoms with Crippen molar-refractivity contribution in [3.63, 3.8) is 0 Å². The highest BCUT2D eigenvalue weighted by molar-refractivity contribution is 7.99. The van der Waals surface area contributed by atoms with Gasteiger partial charge in [-0.2, -0.15) is 0 Å². The zero-order valence-corrected chi connectivity index (χ0v) is 11.3. The topological polar surface area (TPSA) is 32.3 Å². The Morgan fingerprint density at radius 2 is 2.12 bits per heavy atom. The number of nitrogens with zero attached hydrogens (tertiary/aromatic N) is 1. The maximum Gasteiger partial charge on any atom is 0.246 e. The molecule has 17 heavy (non-hydrogen) atoms. The minimum atomic E-state index is -0.519. The summed E-state index contributed by atoms with van der Waals surface area (Å²) in [6, 6.07) is 8.09. The Morgan fingerprint density at radius 1 is 1.41 bits per heavy atom. The van der Waals surface area contributed by atoms with E-state index in [-0.39, 0.29) is 5.91 Å². The van der Waals surface area contributed by atoms with E-state index >= 15 is 0 Å². The van der Waals surface area contributed by atoms with Crippen LogP contribution in [0.1, 0.15) is 13.8 Å². The fourth-order valence-corrected chi connectivity index (χ4v) is 2.82. The number of anilines is 1. The number of amides is 1. The number of para-hydroxylation sites is 1. The molecule has 1 amide bonds. The van der Waals surface area contributed by atoms with E-state index in [0.717, 1.165) is 18.0 Å². The molecular weight excluding hydrogens is 232 g/mol. The van der Waals surface area contributed by atoms with Crippen molar-refractivity contribution >= 4 is 23.4 Å². The third-order valence-electron chi connectivity index (χ3n) is 3.13. The van der Waals surface area contributed by atoms with Gasteiger partial charge in [0.15, 0.2) is 0 Å². The van der Waals surface area contributed by atoms with Crippen molar-refractivity contribution in [2.45, 2.75) is 24.3 Å². The molecule has 0 saturated heterocycles. The van der Waals surface area contributed by atoms with Gasteiger partial charge in [0.1, 0.15) is 0 Å². The zero-order valence-electron chi connectivity index (χ0n) is 10.5. The van der Waals surface area contributed by atoms with E-state index < -0.39 is 5.54 Å². The maximum absolute atomic E-state index is 12.5. The minimum Gasteiger partial charge on any atom is -0.309 e. The van der Waals surface area contributed by atoms with E-state index in [9.17, 15) is 4.79 Å². The van der Waals surface area contributed by atoms with Crippen LogP contribution in [-0.2, 0) is 4.79 Å². The highest BCUT2D eigenvalue weighted by Crippen LogP contribution is 2.35. The lowest BCUT2D eigenvalue weighted by Gasteiger charge is -2.35. The Kier molecular flexibility index (Phi) is 3.45. The van der Waals surface area contributed by atoms with E-state index in [4.69, 9.17) is 0 Å². The average molecular weight is 250 g/mol. The van der Waals surface area contributed by atoms with Gasteiger partial charge in [0, 0.05) is 17.2 Å². The summed E-state index contributed by atoms with van der Waals surface area (Å²) in [7, 11) is 1.82. The van der Waals surface area contributed by atoms with E-state index in [2.05, 4.69) is 11.4 Å². The molecule has 1 aromatic rings. The molecule has 2 rings (SSSR count). The largest absolute Gasteiger partial charge is 0.309 e. The van der Waals surface area contributed by atoms with Crippen LogP contribution in [0.2, 0.25) is 0 Å². The van der Waals surface area contributed by atoms with Crippen LogP contribution >= 0.6 is 11.8 Å². The molecule has 0 aliphatic carbocycles. The van der Waals surface area contributed by atoms with Crippen LogP contribution in [0.3, 0.4) is 0 Å². The predicted molar refractivity (Wildman–Crippen MR) is 72.7 cm³/mol. The summed E-state index contributed by atoms with van der Waals surface area (Å²) in [6.45, 7) is 4.62. The van der Waals surface area contributed by atoms with Crippen LogP contribution in [0.5, 0.6) is 0 Å². The van der Waals surface area contributed by atoms with Crippen LogP contribution in [0.25, 0.3) is 0 Å². The van der Waals surface area contributed by atoms with Crippen LogP contribution in [-0.4, -0.2) is 30.8 Å². The van der Waals surface area contributed by atoms with Crippen LogP contribution < -0.4 is 10.2 Å². The number of carbonyl (C=O) groups is 1. The van der Waals surface area contributed by atoms with Gasteiger partial charge in [-0.05, 0) is 33.0 Å². The number of hydrogen-bond acceptors (Lipinski definition) is 3. The number of fused-ring (bicyclic) bond motifs is 1. The quantitative estimate of drug-likeness (QED) is 0.872. The third kappa shape index (κ3) is 2.33. The molecule has 0 bridgehead atoms. The van der Waals surface area contributed by atoms with E-state index in [1.165, 1.54) is 4.90 Å². The lowest BCUT2D eigenvalue weighted by atomic mass is 10.0. The SMILES string of the molecule is CNC(C)(C)C(=O)N1CCSc2ccccc21. The first-order chi connectivity index (χ1) is 8.06. The normalized spacial score (nSPS) is 15.6. The van der Waals surface area contributed by atoms with Crippen molar-refractivity contribution < 1.29 is 4.79 Å².